The van der Waals surface area contributed by atoms with Gasteiger partial charge in [-0.15, -0.1) is 0 Å². The minimum absolute atomic E-state index is 0.193. The molecule has 3 N–H and O–H groups in total. The highest BCUT2D eigenvalue weighted by atomic mass is 16.6. The number of amides is 2. The molecule has 0 aromatic rings. The number of nitrogens with zero attached hydrogens (tertiary/aromatic N) is 1. The first-order valence-corrected chi connectivity index (χ1v) is 6.78. The smallest absolute Gasteiger partial charge is 0.332 e. The number of cyclic esters (lactones) is 1. The number of ether oxygens (including phenoxy) is 2. The number of hydrogen-bond donors (Lipinski definition) is 2. The van der Waals surface area contributed by atoms with E-state index in [-0.39, 0.29) is 25.6 Å². The monoisotopic (exact) mass is 299 g/mol. The van der Waals surface area contributed by atoms with Gasteiger partial charge in [-0.3, -0.25) is 9.59 Å². The Kier molecular flexibility index (Phi) is 5.69. The predicted molar refractivity (Wildman–Crippen MR) is 74.3 cm³/mol. The van der Waals surface area contributed by atoms with Gasteiger partial charge < -0.3 is 15.2 Å². The largest absolute Gasteiger partial charge is 0.465 e. The molecular weight excluding hydrogens is 278 g/mol. The number of urea groups is 1. The second-order valence-electron chi connectivity index (χ2n) is 5.05. The molecule has 2 atom stereocenters. The standard InChI is InChI=1S/C13H21N3O5/c1-4-20-10(17)13(7-9(3)21-11(13)18)6-5-8(2)15-16-12(14)19/h9H,4-7H2,1-3H3,(H3,14,16,19)/b15-8+/t9-,13-/m1/s1. The molecule has 118 valence electrons. The highest BCUT2D eigenvalue weighted by molar-refractivity contribution is 6.02. The zero-order chi connectivity index (χ0) is 16.0. The van der Waals surface area contributed by atoms with E-state index in [9.17, 15) is 14.4 Å². The molecule has 0 saturated carbocycles. The molecule has 1 fully saturated rings. The number of carbonyl (C=O) groups is 3. The lowest BCUT2D eigenvalue weighted by atomic mass is 9.80. The topological polar surface area (TPSA) is 120 Å². The van der Waals surface area contributed by atoms with Crippen LogP contribution in [-0.2, 0) is 19.1 Å². The summed E-state index contributed by atoms with van der Waals surface area (Å²) in [7, 11) is 0. The summed E-state index contributed by atoms with van der Waals surface area (Å²) < 4.78 is 10.1. The summed E-state index contributed by atoms with van der Waals surface area (Å²) in [4.78, 5) is 34.8. The molecule has 1 saturated heterocycles. The van der Waals surface area contributed by atoms with Crippen molar-refractivity contribution < 1.29 is 23.9 Å². The molecule has 0 unspecified atom stereocenters. The lowest BCUT2D eigenvalue weighted by molar-refractivity contribution is -0.165. The van der Waals surface area contributed by atoms with Crippen molar-refractivity contribution >= 4 is 23.7 Å². The molecule has 0 aliphatic carbocycles. The zero-order valence-electron chi connectivity index (χ0n) is 12.5. The zero-order valence-corrected chi connectivity index (χ0v) is 12.5. The Morgan fingerprint density at radius 3 is 2.71 bits per heavy atom. The Labute approximate surface area is 123 Å². The first-order chi connectivity index (χ1) is 9.81. The fraction of sp³-hybridized carbons (Fsp3) is 0.692. The summed E-state index contributed by atoms with van der Waals surface area (Å²) in [5.74, 6) is -1.14. The second-order valence-corrected chi connectivity index (χ2v) is 5.05. The Balaban J connectivity index is 2.80. The van der Waals surface area contributed by atoms with Crippen LogP contribution in [0.15, 0.2) is 5.10 Å². The fourth-order valence-electron chi connectivity index (χ4n) is 2.25. The fourth-order valence-corrected chi connectivity index (χ4v) is 2.25. The molecule has 0 aromatic carbocycles. The van der Waals surface area contributed by atoms with Crippen molar-refractivity contribution in [2.24, 2.45) is 16.3 Å². The van der Waals surface area contributed by atoms with Crippen LogP contribution in [0.3, 0.4) is 0 Å². The van der Waals surface area contributed by atoms with Crippen LogP contribution in [0.1, 0.15) is 40.0 Å². The first kappa shape index (κ1) is 16.9. The third-order valence-corrected chi connectivity index (χ3v) is 3.27. The second kappa shape index (κ2) is 7.05. The number of carbonyl (C=O) groups excluding carboxylic acids is 3. The Morgan fingerprint density at radius 1 is 1.57 bits per heavy atom. The summed E-state index contributed by atoms with van der Waals surface area (Å²) in [6.45, 7) is 5.27. The van der Waals surface area contributed by atoms with Gasteiger partial charge in [0.05, 0.1) is 6.61 Å². The molecule has 0 spiro atoms. The molecule has 1 aliphatic rings. The van der Waals surface area contributed by atoms with E-state index in [1.807, 2.05) is 0 Å². The minimum Gasteiger partial charge on any atom is -0.465 e. The van der Waals surface area contributed by atoms with Crippen LogP contribution in [0.5, 0.6) is 0 Å². The molecule has 1 aliphatic heterocycles. The van der Waals surface area contributed by atoms with Crippen molar-refractivity contribution in [2.75, 3.05) is 6.61 Å². The third kappa shape index (κ3) is 4.17. The lowest BCUT2D eigenvalue weighted by Gasteiger charge is -2.22. The number of rotatable bonds is 6. The molecule has 1 heterocycles. The lowest BCUT2D eigenvalue weighted by Crippen LogP contribution is -2.38. The van der Waals surface area contributed by atoms with Gasteiger partial charge >= 0.3 is 18.0 Å². The summed E-state index contributed by atoms with van der Waals surface area (Å²) in [5.41, 5.74) is 6.26. The molecule has 1 rings (SSSR count). The van der Waals surface area contributed by atoms with E-state index >= 15 is 0 Å². The van der Waals surface area contributed by atoms with Crippen molar-refractivity contribution in [3.63, 3.8) is 0 Å². The maximum atomic E-state index is 12.1. The maximum Gasteiger partial charge on any atom is 0.332 e. The number of hydrazone groups is 1. The molecule has 0 bridgehead atoms. The van der Waals surface area contributed by atoms with Crippen LogP contribution in [0.25, 0.3) is 0 Å². The van der Waals surface area contributed by atoms with Gasteiger partial charge in [0.15, 0.2) is 5.41 Å². The molecule has 8 heteroatoms. The van der Waals surface area contributed by atoms with Crippen molar-refractivity contribution in [3.05, 3.63) is 0 Å². The SMILES string of the molecule is CCOC(=O)[C@@]1(CC/C(C)=N/NC(N)=O)C[C@@H](C)OC1=O. The summed E-state index contributed by atoms with van der Waals surface area (Å²) >= 11 is 0. The van der Waals surface area contributed by atoms with Crippen molar-refractivity contribution in [2.45, 2.75) is 46.1 Å². The highest BCUT2D eigenvalue weighted by Gasteiger charge is 2.54. The molecule has 8 nitrogen and oxygen atoms in total. The van der Waals surface area contributed by atoms with Gasteiger partial charge in [0, 0.05) is 12.1 Å². The van der Waals surface area contributed by atoms with Gasteiger partial charge in [0.25, 0.3) is 0 Å². The molecule has 21 heavy (non-hydrogen) atoms. The van der Waals surface area contributed by atoms with Gasteiger partial charge in [-0.2, -0.15) is 5.10 Å². The van der Waals surface area contributed by atoms with Gasteiger partial charge in [-0.05, 0) is 33.6 Å². The van der Waals surface area contributed by atoms with Crippen molar-refractivity contribution in [3.8, 4) is 0 Å². The number of nitrogens with two attached hydrogens (primary N) is 1. The highest BCUT2D eigenvalue weighted by Crippen LogP contribution is 2.39. The van der Waals surface area contributed by atoms with Gasteiger partial charge in [0.2, 0.25) is 0 Å². The molecule has 0 radical (unpaired) electrons. The normalized spacial score (nSPS) is 25.4. The van der Waals surface area contributed by atoms with Crippen LogP contribution in [0.2, 0.25) is 0 Å². The van der Waals surface area contributed by atoms with Gasteiger partial charge in [0.1, 0.15) is 6.10 Å². The molecule has 0 aromatic heterocycles. The van der Waals surface area contributed by atoms with E-state index in [0.29, 0.717) is 12.1 Å². The Morgan fingerprint density at radius 2 is 2.24 bits per heavy atom. The van der Waals surface area contributed by atoms with Gasteiger partial charge in [-0.25, -0.2) is 10.2 Å². The quantitative estimate of drug-likeness (QED) is 0.323. The van der Waals surface area contributed by atoms with E-state index < -0.39 is 23.4 Å². The van der Waals surface area contributed by atoms with Crippen LogP contribution in [0.4, 0.5) is 4.79 Å². The van der Waals surface area contributed by atoms with E-state index in [0.717, 1.165) is 0 Å². The van der Waals surface area contributed by atoms with E-state index in [4.69, 9.17) is 15.2 Å². The Hall–Kier alpha value is -2.12. The van der Waals surface area contributed by atoms with Crippen LogP contribution < -0.4 is 11.2 Å². The first-order valence-electron chi connectivity index (χ1n) is 6.78. The summed E-state index contributed by atoms with van der Waals surface area (Å²) in [6.07, 6.45) is 0.496. The summed E-state index contributed by atoms with van der Waals surface area (Å²) in [6, 6.07) is -0.775. The maximum absolute atomic E-state index is 12.1. The van der Waals surface area contributed by atoms with Crippen molar-refractivity contribution in [1.29, 1.82) is 0 Å². The number of primary amides is 1. The average molecular weight is 299 g/mol. The minimum atomic E-state index is -1.29. The predicted octanol–water partition coefficient (Wildman–Crippen LogP) is 0.696. The van der Waals surface area contributed by atoms with Crippen LogP contribution in [-0.4, -0.2) is 36.4 Å². The number of esters is 2. The van der Waals surface area contributed by atoms with Gasteiger partial charge in [-0.1, -0.05) is 0 Å². The Bertz CT molecular complexity index is 463. The van der Waals surface area contributed by atoms with Crippen LogP contribution >= 0.6 is 0 Å². The van der Waals surface area contributed by atoms with Crippen molar-refractivity contribution in [1.82, 2.24) is 5.43 Å². The number of nitrogens with one attached hydrogen (secondary N) is 1. The molecular formula is C13H21N3O5. The van der Waals surface area contributed by atoms with E-state index in [2.05, 4.69) is 10.5 Å². The summed E-state index contributed by atoms with van der Waals surface area (Å²) in [5, 5.41) is 3.75. The third-order valence-electron chi connectivity index (χ3n) is 3.27. The molecule has 2 amide bonds. The van der Waals surface area contributed by atoms with E-state index in [1.165, 1.54) is 0 Å². The average Bonchev–Trinajstić information content (AvgIpc) is 2.69. The van der Waals surface area contributed by atoms with E-state index in [1.54, 1.807) is 20.8 Å². The number of hydrogen-bond acceptors (Lipinski definition) is 6. The van der Waals surface area contributed by atoms with Crippen LogP contribution in [0, 0.1) is 5.41 Å².